The summed E-state index contributed by atoms with van der Waals surface area (Å²) in [7, 11) is 0. The Hall–Kier alpha value is -1.95. The third kappa shape index (κ3) is 8.63. The SMILES string of the molecule is CCCCCCCCNC(CC(=O)OCC)c1ccc([N+](=O)[O-])cc1. The van der Waals surface area contributed by atoms with E-state index >= 15 is 0 Å². The molecule has 0 aliphatic rings. The van der Waals surface area contributed by atoms with Crippen LogP contribution in [0, 0.1) is 10.1 Å². The number of rotatable bonds is 13. The Labute approximate surface area is 150 Å². The molecule has 0 saturated carbocycles. The number of nitrogens with zero attached hydrogens (tertiary/aromatic N) is 1. The van der Waals surface area contributed by atoms with E-state index in [9.17, 15) is 14.9 Å². The molecule has 0 radical (unpaired) electrons. The normalized spacial score (nSPS) is 11.9. The van der Waals surface area contributed by atoms with Crippen molar-refractivity contribution in [2.45, 2.75) is 64.8 Å². The summed E-state index contributed by atoms with van der Waals surface area (Å²) in [5, 5.41) is 14.2. The van der Waals surface area contributed by atoms with Gasteiger partial charge in [0.05, 0.1) is 18.0 Å². The molecule has 0 bridgehead atoms. The van der Waals surface area contributed by atoms with Crippen LogP contribution in [0.25, 0.3) is 0 Å². The summed E-state index contributed by atoms with van der Waals surface area (Å²) in [4.78, 5) is 22.2. The van der Waals surface area contributed by atoms with E-state index in [4.69, 9.17) is 4.74 Å². The number of hydrogen-bond donors (Lipinski definition) is 1. The average molecular weight is 350 g/mol. The highest BCUT2D eigenvalue weighted by molar-refractivity contribution is 5.70. The Bertz CT molecular complexity index is 517. The molecule has 1 aromatic rings. The lowest BCUT2D eigenvalue weighted by Gasteiger charge is -2.18. The number of benzene rings is 1. The summed E-state index contributed by atoms with van der Waals surface area (Å²) < 4.78 is 5.04. The second-order valence-electron chi connectivity index (χ2n) is 6.13. The molecular formula is C19H30N2O4. The molecule has 0 spiro atoms. The fourth-order valence-electron chi connectivity index (χ4n) is 2.70. The quantitative estimate of drug-likeness (QED) is 0.244. The van der Waals surface area contributed by atoms with Crippen molar-refractivity contribution in [2.24, 2.45) is 0 Å². The number of esters is 1. The van der Waals surface area contributed by atoms with Crippen molar-refractivity contribution in [1.29, 1.82) is 0 Å². The van der Waals surface area contributed by atoms with Gasteiger partial charge >= 0.3 is 5.97 Å². The van der Waals surface area contributed by atoms with Gasteiger partial charge in [-0.2, -0.15) is 0 Å². The molecule has 0 aliphatic heterocycles. The predicted molar refractivity (Wildman–Crippen MR) is 98.5 cm³/mol. The Balaban J connectivity index is 2.56. The first-order valence-corrected chi connectivity index (χ1v) is 9.21. The van der Waals surface area contributed by atoms with E-state index in [1.54, 1.807) is 19.1 Å². The van der Waals surface area contributed by atoms with Crippen molar-refractivity contribution in [2.75, 3.05) is 13.2 Å². The number of nitro groups is 1. The van der Waals surface area contributed by atoms with Crippen LogP contribution in [0.15, 0.2) is 24.3 Å². The highest BCUT2D eigenvalue weighted by Crippen LogP contribution is 2.21. The van der Waals surface area contributed by atoms with E-state index in [0.717, 1.165) is 18.5 Å². The molecule has 1 unspecified atom stereocenters. The van der Waals surface area contributed by atoms with Gasteiger partial charge < -0.3 is 10.1 Å². The molecule has 0 heterocycles. The maximum Gasteiger partial charge on any atom is 0.307 e. The number of hydrogen-bond acceptors (Lipinski definition) is 5. The van der Waals surface area contributed by atoms with Crippen molar-refractivity contribution in [1.82, 2.24) is 5.32 Å². The molecule has 6 heteroatoms. The molecule has 0 fully saturated rings. The summed E-state index contributed by atoms with van der Waals surface area (Å²) in [6.45, 7) is 5.14. The second kappa shape index (κ2) is 12.4. The van der Waals surface area contributed by atoms with E-state index < -0.39 is 4.92 Å². The number of nitro benzene ring substituents is 1. The summed E-state index contributed by atoms with van der Waals surface area (Å²) in [6, 6.07) is 6.17. The van der Waals surface area contributed by atoms with Crippen LogP contribution >= 0.6 is 0 Å². The van der Waals surface area contributed by atoms with Crippen LogP contribution < -0.4 is 5.32 Å². The smallest absolute Gasteiger partial charge is 0.307 e. The Kier molecular flexibility index (Phi) is 10.5. The van der Waals surface area contributed by atoms with Crippen LogP contribution in [-0.2, 0) is 9.53 Å². The van der Waals surface area contributed by atoms with Crippen LogP contribution in [0.4, 0.5) is 5.69 Å². The van der Waals surface area contributed by atoms with Crippen molar-refractivity contribution in [3.8, 4) is 0 Å². The number of nitrogens with one attached hydrogen (secondary N) is 1. The molecule has 0 aromatic heterocycles. The maximum atomic E-state index is 11.8. The summed E-state index contributed by atoms with van der Waals surface area (Å²) in [5.74, 6) is -0.263. The van der Waals surface area contributed by atoms with Gasteiger partial charge in [0.15, 0.2) is 0 Å². The molecule has 1 rings (SSSR count). The van der Waals surface area contributed by atoms with Gasteiger partial charge in [-0.25, -0.2) is 0 Å². The summed E-state index contributed by atoms with van der Waals surface area (Å²) in [5.41, 5.74) is 0.916. The standard InChI is InChI=1S/C19H30N2O4/c1-3-5-6-7-8-9-14-20-18(15-19(22)25-4-2)16-10-12-17(13-11-16)21(23)24/h10-13,18,20H,3-9,14-15H2,1-2H3. The van der Waals surface area contributed by atoms with E-state index in [2.05, 4.69) is 12.2 Å². The van der Waals surface area contributed by atoms with Gasteiger partial charge in [0.1, 0.15) is 0 Å². The second-order valence-corrected chi connectivity index (χ2v) is 6.13. The van der Waals surface area contributed by atoms with E-state index in [1.807, 2.05) is 0 Å². The number of unbranched alkanes of at least 4 members (excludes halogenated alkanes) is 5. The zero-order chi connectivity index (χ0) is 18.5. The van der Waals surface area contributed by atoms with Gasteiger partial charge in [-0.05, 0) is 25.5 Å². The van der Waals surface area contributed by atoms with Crippen LogP contribution in [0.2, 0.25) is 0 Å². The third-order valence-corrected chi connectivity index (χ3v) is 4.10. The minimum absolute atomic E-state index is 0.0505. The highest BCUT2D eigenvalue weighted by atomic mass is 16.6. The fraction of sp³-hybridized carbons (Fsp3) is 0.632. The van der Waals surface area contributed by atoms with E-state index in [-0.39, 0.29) is 24.1 Å². The van der Waals surface area contributed by atoms with Crippen LogP contribution in [0.5, 0.6) is 0 Å². The zero-order valence-corrected chi connectivity index (χ0v) is 15.3. The molecule has 6 nitrogen and oxygen atoms in total. The molecular weight excluding hydrogens is 320 g/mol. The first kappa shape index (κ1) is 21.1. The monoisotopic (exact) mass is 350 g/mol. The van der Waals surface area contributed by atoms with Crippen molar-refractivity contribution >= 4 is 11.7 Å². The number of ether oxygens (including phenoxy) is 1. The first-order chi connectivity index (χ1) is 12.1. The molecule has 1 aromatic carbocycles. The minimum atomic E-state index is -0.423. The molecule has 1 N–H and O–H groups in total. The maximum absolute atomic E-state index is 11.8. The molecule has 25 heavy (non-hydrogen) atoms. The van der Waals surface area contributed by atoms with Crippen LogP contribution in [0.1, 0.15) is 70.4 Å². The Morgan fingerprint density at radius 2 is 1.76 bits per heavy atom. The largest absolute Gasteiger partial charge is 0.466 e. The van der Waals surface area contributed by atoms with Gasteiger partial charge in [0, 0.05) is 18.2 Å². The van der Waals surface area contributed by atoms with E-state index in [0.29, 0.717) is 6.61 Å². The zero-order valence-electron chi connectivity index (χ0n) is 15.3. The molecule has 0 aliphatic carbocycles. The number of carbonyl (C=O) groups excluding carboxylic acids is 1. The summed E-state index contributed by atoms with van der Waals surface area (Å²) in [6.07, 6.45) is 7.46. The Morgan fingerprint density at radius 1 is 1.12 bits per heavy atom. The summed E-state index contributed by atoms with van der Waals surface area (Å²) >= 11 is 0. The van der Waals surface area contributed by atoms with Crippen LogP contribution in [-0.4, -0.2) is 24.0 Å². The van der Waals surface area contributed by atoms with Gasteiger partial charge in [-0.3, -0.25) is 14.9 Å². The van der Waals surface area contributed by atoms with Gasteiger partial charge in [0.25, 0.3) is 5.69 Å². The molecule has 0 amide bonds. The number of non-ortho nitro benzene ring substituents is 1. The predicted octanol–water partition coefficient (Wildman–Crippen LogP) is 4.54. The molecule has 1 atom stereocenters. The van der Waals surface area contributed by atoms with Crippen molar-refractivity contribution in [3.63, 3.8) is 0 Å². The van der Waals surface area contributed by atoms with Gasteiger partial charge in [0.2, 0.25) is 0 Å². The van der Waals surface area contributed by atoms with Gasteiger partial charge in [-0.1, -0.05) is 51.2 Å². The first-order valence-electron chi connectivity index (χ1n) is 9.21. The lowest BCUT2D eigenvalue weighted by molar-refractivity contribution is -0.384. The Morgan fingerprint density at radius 3 is 2.36 bits per heavy atom. The average Bonchev–Trinajstić information content (AvgIpc) is 2.60. The fourth-order valence-corrected chi connectivity index (χ4v) is 2.70. The van der Waals surface area contributed by atoms with Crippen molar-refractivity contribution < 1.29 is 14.5 Å². The topological polar surface area (TPSA) is 81.5 Å². The molecule has 140 valence electrons. The molecule has 0 saturated heterocycles. The van der Waals surface area contributed by atoms with Crippen molar-refractivity contribution in [3.05, 3.63) is 39.9 Å². The number of carbonyl (C=O) groups is 1. The van der Waals surface area contributed by atoms with E-state index in [1.165, 1.54) is 44.2 Å². The van der Waals surface area contributed by atoms with Gasteiger partial charge in [-0.15, -0.1) is 0 Å². The lowest BCUT2D eigenvalue weighted by Crippen LogP contribution is -2.25. The highest BCUT2D eigenvalue weighted by Gasteiger charge is 2.17. The van der Waals surface area contributed by atoms with Crippen LogP contribution in [0.3, 0.4) is 0 Å². The minimum Gasteiger partial charge on any atom is -0.466 e. The third-order valence-electron chi connectivity index (χ3n) is 4.10. The lowest BCUT2D eigenvalue weighted by atomic mass is 10.0.